The minimum absolute atomic E-state index is 0.00417. The van der Waals surface area contributed by atoms with Crippen molar-refractivity contribution in [2.24, 2.45) is 0 Å². The van der Waals surface area contributed by atoms with Gasteiger partial charge in [0.2, 0.25) is 0 Å². The fourth-order valence-electron chi connectivity index (χ4n) is 3.38. The van der Waals surface area contributed by atoms with Crippen LogP contribution in [0, 0.1) is 13.8 Å². The number of nitrogens with one attached hydrogen (secondary N) is 1. The highest BCUT2D eigenvalue weighted by atomic mass is 32.1. The average molecular weight is 405 g/mol. The van der Waals surface area contributed by atoms with Gasteiger partial charge in [-0.3, -0.25) is 9.69 Å². The molecule has 5 heteroatoms. The number of thiazole rings is 1. The first-order valence-corrected chi connectivity index (χ1v) is 10.7. The largest absolute Gasteiger partial charge is 0.338 e. The summed E-state index contributed by atoms with van der Waals surface area (Å²) in [6.45, 7) is 5.70. The summed E-state index contributed by atoms with van der Waals surface area (Å²) in [5.74, 6) is 0.00417. The number of aryl methyl sites for hydroxylation is 2. The van der Waals surface area contributed by atoms with Gasteiger partial charge in [-0.25, -0.2) is 4.98 Å². The molecule has 0 aliphatic heterocycles. The van der Waals surface area contributed by atoms with Crippen LogP contribution in [-0.4, -0.2) is 38.1 Å². The Labute approximate surface area is 175 Å². The third-order valence-electron chi connectivity index (χ3n) is 5.30. The van der Waals surface area contributed by atoms with Gasteiger partial charge in [0.15, 0.2) is 5.13 Å². The predicted molar refractivity (Wildman–Crippen MR) is 122 cm³/mol. The summed E-state index contributed by atoms with van der Waals surface area (Å²) in [5, 5.41) is 2.98. The summed E-state index contributed by atoms with van der Waals surface area (Å²) in [6, 6.07) is 18.3. The zero-order valence-corrected chi connectivity index (χ0v) is 18.1. The number of nitrogens with zero attached hydrogens (tertiary/aromatic N) is 2. The molecule has 3 aromatic carbocycles. The Morgan fingerprint density at radius 2 is 1.72 bits per heavy atom. The Balaban J connectivity index is 1.75. The molecule has 1 aromatic heterocycles. The fraction of sp³-hybridized carbons (Fsp3) is 0.250. The van der Waals surface area contributed by atoms with Gasteiger partial charge in [0.05, 0.1) is 37.4 Å². The number of rotatable bonds is 5. The highest BCUT2D eigenvalue weighted by Gasteiger charge is 2.22. The van der Waals surface area contributed by atoms with Gasteiger partial charge in [-0.05, 0) is 60.0 Å². The first kappa shape index (κ1) is 19.6. The number of likely N-dealkylation sites (N-methyl/N-ethyl adjacent to an activating group) is 1. The van der Waals surface area contributed by atoms with Gasteiger partial charge < -0.3 is 4.90 Å². The van der Waals surface area contributed by atoms with E-state index in [-0.39, 0.29) is 5.91 Å². The van der Waals surface area contributed by atoms with Crippen LogP contribution in [0.5, 0.6) is 0 Å². The molecule has 1 N–H and O–H groups in total. The van der Waals surface area contributed by atoms with Gasteiger partial charge in [0, 0.05) is 5.56 Å². The molecule has 0 aliphatic carbocycles. The van der Waals surface area contributed by atoms with Crippen LogP contribution in [0.15, 0.2) is 54.6 Å². The molecule has 4 rings (SSSR count). The van der Waals surface area contributed by atoms with Crippen LogP contribution in [-0.2, 0) is 0 Å². The second-order valence-electron chi connectivity index (χ2n) is 7.88. The average Bonchev–Trinajstić information content (AvgIpc) is 3.10. The van der Waals surface area contributed by atoms with E-state index in [9.17, 15) is 4.79 Å². The smallest absolute Gasteiger partial charge is 0.260 e. The summed E-state index contributed by atoms with van der Waals surface area (Å²) in [4.78, 5) is 21.5. The number of carbonyl (C=O) groups excluding carboxylic acids is 1. The molecule has 0 atom stereocenters. The lowest BCUT2D eigenvalue weighted by Gasteiger charge is -2.21. The molecule has 4 nitrogen and oxygen atoms in total. The number of hydrogen-bond acceptors (Lipinski definition) is 3. The maximum absolute atomic E-state index is 13.5. The molecule has 1 heterocycles. The Bertz CT molecular complexity index is 1160. The third-order valence-corrected chi connectivity index (χ3v) is 6.34. The van der Waals surface area contributed by atoms with Crippen molar-refractivity contribution in [3.8, 4) is 0 Å². The topological polar surface area (TPSA) is 37.6 Å². The molecule has 0 aliphatic rings. The lowest BCUT2D eigenvalue weighted by molar-refractivity contribution is -0.856. The van der Waals surface area contributed by atoms with E-state index in [1.807, 2.05) is 41.3 Å². The highest BCUT2D eigenvalue weighted by Crippen LogP contribution is 2.31. The predicted octanol–water partition coefficient (Wildman–Crippen LogP) is 3.86. The van der Waals surface area contributed by atoms with Crippen molar-refractivity contribution < 1.29 is 9.69 Å². The van der Waals surface area contributed by atoms with Gasteiger partial charge in [-0.15, -0.1) is 0 Å². The van der Waals surface area contributed by atoms with Crippen LogP contribution in [0.3, 0.4) is 0 Å². The minimum Gasteiger partial charge on any atom is -0.338 e. The summed E-state index contributed by atoms with van der Waals surface area (Å²) in [5.41, 5.74) is 4.13. The van der Waals surface area contributed by atoms with Gasteiger partial charge in [0.1, 0.15) is 0 Å². The first-order chi connectivity index (χ1) is 13.9. The normalized spacial score (nSPS) is 11.5. The lowest BCUT2D eigenvalue weighted by Crippen LogP contribution is -3.06. The summed E-state index contributed by atoms with van der Waals surface area (Å²) in [6.07, 6.45) is 0. The van der Waals surface area contributed by atoms with Crippen LogP contribution in [0.25, 0.3) is 21.0 Å². The Morgan fingerprint density at radius 3 is 2.48 bits per heavy atom. The SMILES string of the molecule is Cc1cc2nc(N(CC[NH+](C)C)C(=O)c3ccc4ccccc4c3)sc2cc1C. The van der Waals surface area contributed by atoms with E-state index in [1.54, 1.807) is 11.3 Å². The number of aromatic nitrogens is 1. The van der Waals surface area contributed by atoms with Crippen molar-refractivity contribution in [1.29, 1.82) is 0 Å². The van der Waals surface area contributed by atoms with E-state index in [2.05, 4.69) is 46.1 Å². The molecule has 0 bridgehead atoms. The number of quaternary nitrogens is 1. The molecule has 1 amide bonds. The van der Waals surface area contributed by atoms with Crippen molar-refractivity contribution in [3.63, 3.8) is 0 Å². The molecular formula is C24H26N3OS+. The zero-order valence-electron chi connectivity index (χ0n) is 17.3. The summed E-state index contributed by atoms with van der Waals surface area (Å²) >= 11 is 1.59. The second kappa shape index (κ2) is 7.93. The monoisotopic (exact) mass is 404 g/mol. The van der Waals surface area contributed by atoms with E-state index in [0.29, 0.717) is 12.1 Å². The van der Waals surface area contributed by atoms with Crippen LogP contribution >= 0.6 is 11.3 Å². The molecule has 29 heavy (non-hydrogen) atoms. The number of benzene rings is 3. The number of carbonyl (C=O) groups is 1. The molecule has 0 spiro atoms. The van der Waals surface area contributed by atoms with Gasteiger partial charge in [-0.2, -0.15) is 0 Å². The molecule has 0 fully saturated rings. The second-order valence-corrected chi connectivity index (χ2v) is 8.89. The van der Waals surface area contributed by atoms with Crippen molar-refractivity contribution in [1.82, 2.24) is 4.98 Å². The van der Waals surface area contributed by atoms with E-state index in [0.717, 1.165) is 32.7 Å². The maximum atomic E-state index is 13.5. The molecule has 0 saturated carbocycles. The fourth-order valence-corrected chi connectivity index (χ4v) is 4.45. The molecule has 0 saturated heterocycles. The van der Waals surface area contributed by atoms with Crippen LogP contribution in [0.2, 0.25) is 0 Å². The van der Waals surface area contributed by atoms with Crippen LogP contribution in [0.4, 0.5) is 5.13 Å². The molecule has 0 unspecified atom stereocenters. The Morgan fingerprint density at radius 1 is 1.00 bits per heavy atom. The van der Waals surface area contributed by atoms with E-state index in [1.165, 1.54) is 16.0 Å². The highest BCUT2D eigenvalue weighted by molar-refractivity contribution is 7.22. The van der Waals surface area contributed by atoms with Crippen LogP contribution in [0.1, 0.15) is 21.5 Å². The van der Waals surface area contributed by atoms with E-state index in [4.69, 9.17) is 4.98 Å². The first-order valence-electron chi connectivity index (χ1n) is 9.90. The maximum Gasteiger partial charge on any atom is 0.260 e. The minimum atomic E-state index is 0.00417. The van der Waals surface area contributed by atoms with E-state index < -0.39 is 0 Å². The van der Waals surface area contributed by atoms with Crippen LogP contribution < -0.4 is 9.80 Å². The molecule has 148 valence electrons. The van der Waals surface area contributed by atoms with Gasteiger partial charge in [0.25, 0.3) is 5.91 Å². The molecular weight excluding hydrogens is 378 g/mol. The Hall–Kier alpha value is -2.76. The zero-order chi connectivity index (χ0) is 20.5. The number of anilines is 1. The molecule has 4 aromatic rings. The van der Waals surface area contributed by atoms with E-state index >= 15 is 0 Å². The number of amides is 1. The molecule has 0 radical (unpaired) electrons. The van der Waals surface area contributed by atoms with Crippen molar-refractivity contribution in [2.75, 3.05) is 32.1 Å². The summed E-state index contributed by atoms with van der Waals surface area (Å²) in [7, 11) is 4.20. The third kappa shape index (κ3) is 4.02. The van der Waals surface area contributed by atoms with Gasteiger partial charge in [-0.1, -0.05) is 41.7 Å². The lowest BCUT2D eigenvalue weighted by atomic mass is 10.1. The standard InChI is InChI=1S/C24H25N3OS/c1-16-13-21-22(14-17(16)2)29-24(25-21)27(12-11-26(3)4)23(28)20-10-9-18-7-5-6-8-19(18)15-20/h5-10,13-15H,11-12H2,1-4H3/p+1. The number of fused-ring (bicyclic) bond motifs is 2. The van der Waals surface area contributed by atoms with Crippen molar-refractivity contribution >= 4 is 43.4 Å². The van der Waals surface area contributed by atoms with Crippen molar-refractivity contribution in [3.05, 3.63) is 71.3 Å². The summed E-state index contributed by atoms with van der Waals surface area (Å²) < 4.78 is 1.12. The quantitative estimate of drug-likeness (QED) is 0.549. The van der Waals surface area contributed by atoms with Crippen molar-refractivity contribution in [2.45, 2.75) is 13.8 Å². The Kier molecular flexibility index (Phi) is 5.35. The van der Waals surface area contributed by atoms with Gasteiger partial charge >= 0.3 is 0 Å². The number of hydrogen-bond donors (Lipinski definition) is 1.